The molecule has 0 N–H and O–H groups in total. The van der Waals surface area contributed by atoms with E-state index in [2.05, 4.69) is 4.98 Å². The van der Waals surface area contributed by atoms with Gasteiger partial charge in [-0.15, -0.1) is 0 Å². The summed E-state index contributed by atoms with van der Waals surface area (Å²) in [5, 5.41) is 0.773. The molecule has 8 heteroatoms. The Morgan fingerprint density at radius 2 is 1.74 bits per heavy atom. The molecule has 0 amide bonds. The van der Waals surface area contributed by atoms with E-state index in [-0.39, 0.29) is 0 Å². The van der Waals surface area contributed by atoms with Crippen molar-refractivity contribution in [2.45, 2.75) is 0 Å². The Morgan fingerprint density at radius 3 is 2.32 bits per heavy atom. The number of benzene rings is 2. The number of hydrogen-bond acceptors (Lipinski definition) is 7. The van der Waals surface area contributed by atoms with Gasteiger partial charge in [-0.2, -0.15) is 0 Å². The third kappa shape index (κ3) is 3.26. The Labute approximate surface area is 178 Å². The monoisotopic (exact) mass is 422 g/mol. The van der Waals surface area contributed by atoms with Crippen molar-refractivity contribution in [1.29, 1.82) is 0 Å². The topological polar surface area (TPSA) is 85.0 Å². The van der Waals surface area contributed by atoms with Crippen LogP contribution in [0.3, 0.4) is 0 Å². The van der Waals surface area contributed by atoms with E-state index in [1.807, 2.05) is 29.9 Å². The summed E-state index contributed by atoms with van der Waals surface area (Å²) in [7, 11) is 8.00. The van der Waals surface area contributed by atoms with Crippen LogP contribution >= 0.6 is 0 Å². The van der Waals surface area contributed by atoms with E-state index in [1.54, 1.807) is 25.6 Å². The van der Waals surface area contributed by atoms with Gasteiger partial charge in [0.15, 0.2) is 23.5 Å². The number of aldehydes is 1. The first-order valence-corrected chi connectivity index (χ1v) is 9.43. The molecule has 2 aromatic heterocycles. The summed E-state index contributed by atoms with van der Waals surface area (Å²) >= 11 is 0. The van der Waals surface area contributed by atoms with Crippen LogP contribution in [-0.4, -0.2) is 44.3 Å². The number of fused-ring (bicyclic) bond motifs is 1. The highest BCUT2D eigenvalue weighted by Crippen LogP contribution is 2.51. The van der Waals surface area contributed by atoms with Crippen LogP contribution in [0, 0.1) is 0 Å². The van der Waals surface area contributed by atoms with Crippen molar-refractivity contribution >= 4 is 17.3 Å². The SMILES string of the molecule is COc1ccc2c(-c3c(C=O)cc(OC)c(OC)c3OC)c(-c3cn(C)cn3)oc2c1. The van der Waals surface area contributed by atoms with Gasteiger partial charge in [-0.3, -0.25) is 4.79 Å². The molecule has 0 bridgehead atoms. The molecule has 160 valence electrons. The maximum Gasteiger partial charge on any atom is 0.203 e. The zero-order chi connectivity index (χ0) is 22.1. The van der Waals surface area contributed by atoms with Crippen molar-refractivity contribution in [2.24, 2.45) is 7.05 Å². The highest BCUT2D eigenvalue weighted by molar-refractivity contribution is 6.08. The van der Waals surface area contributed by atoms with Gasteiger partial charge in [-0.1, -0.05) is 0 Å². The number of imidazole rings is 1. The molecule has 0 saturated heterocycles. The van der Waals surface area contributed by atoms with Crippen molar-refractivity contribution < 1.29 is 28.2 Å². The fourth-order valence-electron chi connectivity index (χ4n) is 3.69. The van der Waals surface area contributed by atoms with E-state index in [0.29, 0.717) is 56.7 Å². The molecule has 0 aliphatic carbocycles. The quantitative estimate of drug-likeness (QED) is 0.409. The van der Waals surface area contributed by atoms with E-state index in [9.17, 15) is 4.79 Å². The molecular weight excluding hydrogens is 400 g/mol. The van der Waals surface area contributed by atoms with Crippen molar-refractivity contribution in [3.63, 3.8) is 0 Å². The Morgan fingerprint density at radius 1 is 0.968 bits per heavy atom. The number of aromatic nitrogens is 2. The molecule has 4 aromatic rings. The predicted octanol–water partition coefficient (Wildman–Crippen LogP) is 4.35. The lowest BCUT2D eigenvalue weighted by atomic mass is 9.94. The van der Waals surface area contributed by atoms with Crippen LogP contribution in [0.25, 0.3) is 33.6 Å². The molecule has 0 spiro atoms. The van der Waals surface area contributed by atoms with Gasteiger partial charge in [-0.25, -0.2) is 4.98 Å². The maximum atomic E-state index is 12.1. The Bertz CT molecular complexity index is 1270. The summed E-state index contributed by atoms with van der Waals surface area (Å²) < 4.78 is 30.1. The molecule has 2 heterocycles. The molecule has 0 fully saturated rings. The van der Waals surface area contributed by atoms with Crippen molar-refractivity contribution in [3.8, 4) is 45.6 Å². The number of aryl methyl sites for hydroxylation is 1. The lowest BCUT2D eigenvalue weighted by Gasteiger charge is -2.18. The van der Waals surface area contributed by atoms with Crippen LogP contribution < -0.4 is 18.9 Å². The molecule has 2 aromatic carbocycles. The number of methoxy groups -OCH3 is 4. The van der Waals surface area contributed by atoms with Gasteiger partial charge >= 0.3 is 0 Å². The third-order valence-electron chi connectivity index (χ3n) is 5.07. The molecule has 0 radical (unpaired) electrons. The zero-order valence-corrected chi connectivity index (χ0v) is 17.9. The maximum absolute atomic E-state index is 12.1. The van der Waals surface area contributed by atoms with Crippen molar-refractivity contribution in [2.75, 3.05) is 28.4 Å². The second-order valence-electron chi connectivity index (χ2n) is 6.82. The standard InChI is InChI=1S/C23H22N2O6/c1-25-10-16(24-12-25)21-20(15-7-6-14(27-2)9-17(15)31-21)19-13(11-26)8-18(28-3)22(29-4)23(19)30-5/h6-12H,1-5H3. The molecule has 0 saturated carbocycles. The van der Waals surface area contributed by atoms with Gasteiger partial charge in [0.05, 0.1) is 34.8 Å². The zero-order valence-electron chi connectivity index (χ0n) is 17.9. The minimum Gasteiger partial charge on any atom is -0.497 e. The summed E-state index contributed by atoms with van der Waals surface area (Å²) in [5.41, 5.74) is 2.76. The first kappa shape index (κ1) is 20.3. The molecule has 0 aliphatic rings. The average Bonchev–Trinajstić information content (AvgIpc) is 3.39. The van der Waals surface area contributed by atoms with Crippen LogP contribution in [0.1, 0.15) is 10.4 Å². The second-order valence-corrected chi connectivity index (χ2v) is 6.82. The highest BCUT2D eigenvalue weighted by Gasteiger charge is 2.28. The molecular formula is C23H22N2O6. The second kappa shape index (κ2) is 8.06. The van der Waals surface area contributed by atoms with Crippen LogP contribution in [0.4, 0.5) is 0 Å². The number of nitrogens with zero attached hydrogens (tertiary/aromatic N) is 2. The molecule has 31 heavy (non-hydrogen) atoms. The van der Waals surface area contributed by atoms with Crippen LogP contribution in [0.2, 0.25) is 0 Å². The molecule has 0 aliphatic heterocycles. The Kier molecular flexibility index (Phi) is 5.29. The summed E-state index contributed by atoms with van der Waals surface area (Å²) in [4.78, 5) is 16.6. The fraction of sp³-hybridized carbons (Fsp3) is 0.217. The molecule has 8 nitrogen and oxygen atoms in total. The number of hydrogen-bond donors (Lipinski definition) is 0. The van der Waals surface area contributed by atoms with Gasteiger partial charge < -0.3 is 27.9 Å². The van der Waals surface area contributed by atoms with E-state index in [1.165, 1.54) is 21.3 Å². The summed E-state index contributed by atoms with van der Waals surface area (Å²) in [6.45, 7) is 0. The van der Waals surface area contributed by atoms with Crippen molar-refractivity contribution in [3.05, 3.63) is 42.4 Å². The van der Waals surface area contributed by atoms with Crippen LogP contribution in [-0.2, 0) is 7.05 Å². The first-order valence-electron chi connectivity index (χ1n) is 9.43. The Balaban J connectivity index is 2.16. The number of carbonyl (C=O) groups excluding carboxylic acids is 1. The van der Waals surface area contributed by atoms with E-state index in [0.717, 1.165) is 11.7 Å². The average molecular weight is 422 g/mol. The minimum atomic E-state index is 0.361. The number of furan rings is 1. The minimum absolute atomic E-state index is 0.361. The van der Waals surface area contributed by atoms with Gasteiger partial charge in [0, 0.05) is 41.4 Å². The largest absolute Gasteiger partial charge is 0.497 e. The van der Waals surface area contributed by atoms with E-state index < -0.39 is 0 Å². The van der Waals surface area contributed by atoms with Crippen LogP contribution in [0.5, 0.6) is 23.0 Å². The highest BCUT2D eigenvalue weighted by atomic mass is 16.5. The van der Waals surface area contributed by atoms with Crippen LogP contribution in [0.15, 0.2) is 41.2 Å². The smallest absolute Gasteiger partial charge is 0.203 e. The summed E-state index contributed by atoms with van der Waals surface area (Å²) in [6.07, 6.45) is 4.27. The number of ether oxygens (including phenoxy) is 4. The van der Waals surface area contributed by atoms with Gasteiger partial charge in [-0.05, 0) is 18.2 Å². The summed E-state index contributed by atoms with van der Waals surface area (Å²) in [6, 6.07) is 7.12. The van der Waals surface area contributed by atoms with E-state index >= 15 is 0 Å². The number of rotatable bonds is 7. The number of carbonyl (C=O) groups is 1. The van der Waals surface area contributed by atoms with Gasteiger partial charge in [0.2, 0.25) is 5.75 Å². The fourth-order valence-corrected chi connectivity index (χ4v) is 3.69. The third-order valence-corrected chi connectivity index (χ3v) is 5.07. The predicted molar refractivity (Wildman–Crippen MR) is 115 cm³/mol. The Hall–Kier alpha value is -3.94. The van der Waals surface area contributed by atoms with Gasteiger partial charge in [0.1, 0.15) is 17.0 Å². The summed E-state index contributed by atoms with van der Waals surface area (Å²) in [5.74, 6) is 2.27. The van der Waals surface area contributed by atoms with Crippen molar-refractivity contribution in [1.82, 2.24) is 9.55 Å². The lowest BCUT2D eigenvalue weighted by molar-refractivity contribution is 0.112. The van der Waals surface area contributed by atoms with Gasteiger partial charge in [0.25, 0.3) is 0 Å². The first-order chi connectivity index (χ1) is 15.1. The molecule has 4 rings (SSSR count). The lowest BCUT2D eigenvalue weighted by Crippen LogP contribution is -2.01. The molecule has 0 unspecified atom stereocenters. The molecule has 0 atom stereocenters. The van der Waals surface area contributed by atoms with E-state index in [4.69, 9.17) is 23.4 Å². The normalized spacial score (nSPS) is 10.9.